The molecule has 2 atom stereocenters. The van der Waals surface area contributed by atoms with Gasteiger partial charge in [0.2, 0.25) is 5.91 Å². The highest BCUT2D eigenvalue weighted by molar-refractivity contribution is 8.29. The summed E-state index contributed by atoms with van der Waals surface area (Å²) in [7, 11) is -1.36. The highest BCUT2D eigenvalue weighted by Gasteiger charge is 2.41. The first-order valence-corrected chi connectivity index (χ1v) is 12.5. The van der Waals surface area contributed by atoms with Crippen LogP contribution in [0.15, 0.2) is 12.7 Å². The smallest absolute Gasteiger partial charge is 0.323 e. The summed E-state index contributed by atoms with van der Waals surface area (Å²) in [5.74, 6) is 0.223. The molecule has 1 amide bonds. The van der Waals surface area contributed by atoms with Crippen LogP contribution in [0.2, 0.25) is 18.1 Å². The molecular formula is C16H29NO3SSi. The van der Waals surface area contributed by atoms with E-state index < -0.39 is 13.2 Å². The van der Waals surface area contributed by atoms with Crippen LogP contribution in [0.5, 0.6) is 0 Å². The molecule has 0 aromatic rings. The van der Waals surface area contributed by atoms with Gasteiger partial charge in [0.25, 0.3) is 0 Å². The minimum Gasteiger partial charge on any atom is -0.480 e. The van der Waals surface area contributed by atoms with Crippen molar-refractivity contribution in [1.29, 1.82) is 0 Å². The topological polar surface area (TPSA) is 57.6 Å². The van der Waals surface area contributed by atoms with Gasteiger partial charge in [-0.05, 0) is 23.1 Å². The van der Waals surface area contributed by atoms with E-state index in [1.54, 1.807) is 0 Å². The van der Waals surface area contributed by atoms with E-state index in [2.05, 4.69) is 51.7 Å². The normalized spacial score (nSPS) is 20.5. The van der Waals surface area contributed by atoms with Gasteiger partial charge in [0.15, 0.2) is 0 Å². The van der Waals surface area contributed by atoms with Gasteiger partial charge in [-0.25, -0.2) is 0 Å². The van der Waals surface area contributed by atoms with Gasteiger partial charge in [0.1, 0.15) is 13.8 Å². The van der Waals surface area contributed by atoms with Gasteiger partial charge in [-0.3, -0.25) is 9.59 Å². The van der Waals surface area contributed by atoms with Crippen LogP contribution >= 0.6 is 11.2 Å². The van der Waals surface area contributed by atoms with Crippen molar-refractivity contribution in [3.63, 3.8) is 0 Å². The predicted octanol–water partition coefficient (Wildman–Crippen LogP) is 3.60. The fourth-order valence-electron chi connectivity index (χ4n) is 2.35. The molecule has 0 saturated carbocycles. The minimum atomic E-state index is -1.36. The average molecular weight is 344 g/mol. The summed E-state index contributed by atoms with van der Waals surface area (Å²) in [6.07, 6.45) is 3.29. The molecule has 1 rings (SSSR count). The average Bonchev–Trinajstić information content (AvgIpc) is 2.37. The molecule has 0 unspecified atom stereocenters. The summed E-state index contributed by atoms with van der Waals surface area (Å²) in [4.78, 5) is 23.9. The fraction of sp³-hybridized carbons (Fsp3) is 0.750. The lowest BCUT2D eigenvalue weighted by Crippen LogP contribution is -2.57. The number of carboxylic acid groups (broad SMARTS) is 1. The maximum Gasteiger partial charge on any atom is 0.323 e. The lowest BCUT2D eigenvalue weighted by atomic mass is 9.86. The van der Waals surface area contributed by atoms with Crippen LogP contribution in [0.1, 0.15) is 33.6 Å². The Hall–Kier alpha value is -0.753. The van der Waals surface area contributed by atoms with E-state index in [-0.39, 0.29) is 24.4 Å². The van der Waals surface area contributed by atoms with Crippen LogP contribution in [0.25, 0.3) is 0 Å². The third-order valence-corrected chi connectivity index (χ3v) is 14.3. The molecule has 0 spiro atoms. The molecule has 0 aromatic heterocycles. The van der Waals surface area contributed by atoms with Crippen LogP contribution in [0.4, 0.5) is 0 Å². The molecule has 1 fully saturated rings. The highest BCUT2D eigenvalue weighted by atomic mass is 32.4. The number of carbonyl (C=O) groups is 2. The Morgan fingerprint density at radius 2 is 2.14 bits per heavy atom. The monoisotopic (exact) mass is 343 g/mol. The molecule has 0 bridgehead atoms. The number of carbonyl (C=O) groups excluding carboxylic acids is 1. The van der Waals surface area contributed by atoms with Crippen LogP contribution in [0.3, 0.4) is 0 Å². The number of amides is 1. The van der Waals surface area contributed by atoms with Crippen molar-refractivity contribution in [1.82, 2.24) is 4.90 Å². The number of likely N-dealkylation sites (tertiary alicyclic amines) is 1. The number of β-lactam (4-membered cyclic amide) rings is 1. The maximum absolute atomic E-state index is 11.6. The zero-order valence-corrected chi connectivity index (χ0v) is 16.2. The van der Waals surface area contributed by atoms with E-state index in [9.17, 15) is 9.59 Å². The van der Waals surface area contributed by atoms with Crippen LogP contribution in [-0.2, 0) is 9.59 Å². The molecule has 1 aliphatic heterocycles. The third kappa shape index (κ3) is 4.62. The number of rotatable bonds is 8. The Bertz CT molecular complexity index is 445. The van der Waals surface area contributed by atoms with Crippen molar-refractivity contribution < 1.29 is 14.7 Å². The largest absolute Gasteiger partial charge is 0.480 e. The number of aliphatic carboxylic acids is 1. The molecule has 22 heavy (non-hydrogen) atoms. The molecule has 1 saturated heterocycles. The maximum atomic E-state index is 11.6. The van der Waals surface area contributed by atoms with Crippen LogP contribution in [0, 0.1) is 5.92 Å². The van der Waals surface area contributed by atoms with E-state index in [1.165, 1.54) is 4.90 Å². The second-order valence-corrected chi connectivity index (χ2v) is 16.6. The Morgan fingerprint density at radius 1 is 1.55 bits per heavy atom. The molecule has 126 valence electrons. The fourth-order valence-corrected chi connectivity index (χ4v) is 6.86. The quantitative estimate of drug-likeness (QED) is 0.415. The van der Waals surface area contributed by atoms with Gasteiger partial charge in [0.05, 0.1) is 0 Å². The van der Waals surface area contributed by atoms with Crippen molar-refractivity contribution in [2.45, 2.75) is 57.8 Å². The second-order valence-electron chi connectivity index (χ2n) is 7.48. The van der Waals surface area contributed by atoms with E-state index in [4.69, 9.17) is 5.11 Å². The second kappa shape index (κ2) is 7.21. The van der Waals surface area contributed by atoms with Gasteiger partial charge in [0, 0.05) is 12.5 Å². The summed E-state index contributed by atoms with van der Waals surface area (Å²) >= 11 is 2.07. The Balaban J connectivity index is 2.55. The van der Waals surface area contributed by atoms with Crippen molar-refractivity contribution in [3.05, 3.63) is 12.7 Å². The first kappa shape index (κ1) is 19.3. The first-order chi connectivity index (χ1) is 9.99. The summed E-state index contributed by atoms with van der Waals surface area (Å²) in [6, 6.07) is 0.0149. The molecule has 1 heterocycles. The molecule has 0 radical (unpaired) electrons. The van der Waals surface area contributed by atoms with E-state index in [1.807, 2.05) is 6.08 Å². The third-order valence-electron chi connectivity index (χ3n) is 4.93. The van der Waals surface area contributed by atoms with Gasteiger partial charge < -0.3 is 10.0 Å². The lowest BCUT2D eigenvalue weighted by Gasteiger charge is -2.43. The van der Waals surface area contributed by atoms with Crippen LogP contribution < -0.4 is 0 Å². The molecule has 1 aliphatic rings. The van der Waals surface area contributed by atoms with Crippen molar-refractivity contribution in [2.75, 3.05) is 12.3 Å². The summed E-state index contributed by atoms with van der Waals surface area (Å²) in [6.45, 7) is 15.4. The van der Waals surface area contributed by atoms with Gasteiger partial charge in [-0.15, -0.1) is 6.58 Å². The number of carboxylic acids is 1. The molecule has 4 nitrogen and oxygen atoms in total. The van der Waals surface area contributed by atoms with E-state index >= 15 is 0 Å². The molecule has 6 heteroatoms. The molecule has 0 aromatic carbocycles. The summed E-state index contributed by atoms with van der Waals surface area (Å²) in [5, 5.41) is 9.24. The highest BCUT2D eigenvalue weighted by Crippen LogP contribution is 2.44. The standard InChI is InChI=1S/C16H29NO3SSi/c1-7-12(8-9-21-22(5,6)16(2,3)4)13-10-14(18)17(13)11-15(19)20/h7,12-13H,1,8-11H2,2-6H3,(H,19,20)/t12-,13+/m0/s1. The zero-order valence-electron chi connectivity index (χ0n) is 14.4. The Kier molecular flexibility index (Phi) is 6.33. The summed E-state index contributed by atoms with van der Waals surface area (Å²) in [5.41, 5.74) is 0. The Labute approximate surface area is 139 Å². The van der Waals surface area contributed by atoms with Crippen molar-refractivity contribution in [2.24, 2.45) is 5.92 Å². The van der Waals surface area contributed by atoms with E-state index in [0.717, 1.165) is 12.2 Å². The van der Waals surface area contributed by atoms with Crippen molar-refractivity contribution >= 4 is 30.3 Å². The first-order valence-electron chi connectivity index (χ1n) is 7.77. The van der Waals surface area contributed by atoms with Gasteiger partial charge in [-0.1, -0.05) is 39.9 Å². The van der Waals surface area contributed by atoms with Crippen LogP contribution in [-0.4, -0.2) is 47.4 Å². The predicted molar refractivity (Wildman–Crippen MR) is 95.7 cm³/mol. The minimum absolute atomic E-state index is 0.0149. The number of nitrogens with zero attached hydrogens (tertiary/aromatic N) is 1. The Morgan fingerprint density at radius 3 is 2.55 bits per heavy atom. The molecule has 1 N–H and O–H groups in total. The zero-order chi connectivity index (χ0) is 17.1. The lowest BCUT2D eigenvalue weighted by molar-refractivity contribution is -0.156. The molecular weight excluding hydrogens is 314 g/mol. The van der Waals surface area contributed by atoms with E-state index in [0.29, 0.717) is 11.5 Å². The van der Waals surface area contributed by atoms with Gasteiger partial charge >= 0.3 is 5.97 Å². The van der Waals surface area contributed by atoms with Crippen molar-refractivity contribution in [3.8, 4) is 0 Å². The SMILES string of the molecule is C=C[C@@H](CCS[Si](C)(C)C(C)(C)C)[C@H]1CC(=O)N1CC(=O)O. The number of hydrogen-bond acceptors (Lipinski definition) is 3. The van der Waals surface area contributed by atoms with Gasteiger partial charge in [-0.2, -0.15) is 11.2 Å². The molecule has 0 aliphatic carbocycles. The summed E-state index contributed by atoms with van der Waals surface area (Å²) < 4.78 is 0. The number of hydrogen-bond donors (Lipinski definition) is 1.